The summed E-state index contributed by atoms with van der Waals surface area (Å²) in [6, 6.07) is 0. The second-order valence-corrected chi connectivity index (χ2v) is 6.13. The monoisotopic (exact) mass is 286 g/mol. The van der Waals surface area contributed by atoms with Gasteiger partial charge in [-0.05, 0) is 48.4 Å². The summed E-state index contributed by atoms with van der Waals surface area (Å²) in [5.74, 6) is 0. The molecule has 0 amide bonds. The third-order valence-electron chi connectivity index (χ3n) is 3.70. The summed E-state index contributed by atoms with van der Waals surface area (Å²) < 4.78 is 1.31. The minimum absolute atomic E-state index is 0.131. The zero-order valence-electron chi connectivity index (χ0n) is 10.4. The van der Waals surface area contributed by atoms with Gasteiger partial charge in [-0.1, -0.05) is 47.5 Å². The molecule has 1 N–H and O–H groups in total. The van der Waals surface area contributed by atoms with Gasteiger partial charge in [0.25, 0.3) is 0 Å². The summed E-state index contributed by atoms with van der Waals surface area (Å²) in [7, 11) is 0. The molecule has 16 heavy (non-hydrogen) atoms. The van der Waals surface area contributed by atoms with Crippen LogP contribution in [0.25, 0.3) is 0 Å². The molecule has 1 rings (SSSR count). The highest BCUT2D eigenvalue weighted by Gasteiger charge is 2.20. The van der Waals surface area contributed by atoms with E-state index in [9.17, 15) is 5.11 Å². The van der Waals surface area contributed by atoms with Crippen molar-refractivity contribution in [1.82, 2.24) is 0 Å². The maximum Gasteiger partial charge on any atom is 0.0484 e. The number of aliphatic hydroxyl groups excluding tert-OH is 1. The van der Waals surface area contributed by atoms with E-state index in [4.69, 9.17) is 0 Å². The van der Waals surface area contributed by atoms with Crippen molar-refractivity contribution >= 4 is 15.9 Å². The van der Waals surface area contributed by atoms with Gasteiger partial charge in [0, 0.05) is 6.61 Å². The first kappa shape index (κ1) is 14.0. The van der Waals surface area contributed by atoms with Gasteiger partial charge >= 0.3 is 0 Å². The lowest BCUT2D eigenvalue weighted by Gasteiger charge is -2.25. The highest BCUT2D eigenvalue weighted by atomic mass is 79.9. The molecule has 0 spiro atoms. The largest absolute Gasteiger partial charge is 0.396 e. The van der Waals surface area contributed by atoms with Gasteiger partial charge in [0.2, 0.25) is 0 Å². The molecule has 1 nitrogen and oxygen atoms in total. The Balaban J connectivity index is 2.31. The average molecular weight is 287 g/mol. The van der Waals surface area contributed by atoms with E-state index < -0.39 is 0 Å². The molecule has 0 saturated carbocycles. The molecule has 1 aliphatic rings. The number of rotatable bonds is 6. The van der Waals surface area contributed by atoms with Crippen molar-refractivity contribution in [2.24, 2.45) is 5.41 Å². The van der Waals surface area contributed by atoms with Crippen LogP contribution in [-0.4, -0.2) is 11.7 Å². The molecule has 1 atom stereocenters. The zero-order valence-corrected chi connectivity index (χ0v) is 12.0. The molecule has 0 aromatic heterocycles. The number of allylic oxidation sites excluding steroid dienone is 4. The van der Waals surface area contributed by atoms with Crippen LogP contribution < -0.4 is 0 Å². The first-order valence-electron chi connectivity index (χ1n) is 6.24. The van der Waals surface area contributed by atoms with Crippen LogP contribution in [0.1, 0.15) is 52.4 Å². The fourth-order valence-electron chi connectivity index (χ4n) is 1.97. The Morgan fingerprint density at radius 1 is 1.38 bits per heavy atom. The van der Waals surface area contributed by atoms with Gasteiger partial charge in [-0.25, -0.2) is 0 Å². The lowest BCUT2D eigenvalue weighted by Crippen LogP contribution is -2.20. The molecular formula is C14H23BrO. The Hall–Kier alpha value is -0.0800. The smallest absolute Gasteiger partial charge is 0.0484 e. The Bertz CT molecular complexity index is 274. The molecule has 2 heteroatoms. The van der Waals surface area contributed by atoms with E-state index in [1.54, 1.807) is 5.57 Å². The molecule has 1 aliphatic carbocycles. The highest BCUT2D eigenvalue weighted by Crippen LogP contribution is 2.30. The quantitative estimate of drug-likeness (QED) is 0.759. The van der Waals surface area contributed by atoms with Crippen LogP contribution in [0.4, 0.5) is 0 Å². The summed E-state index contributed by atoms with van der Waals surface area (Å²) in [6.07, 6.45) is 11.3. The zero-order chi connectivity index (χ0) is 12.0. The SMILES string of the molecule is CCC(C)(CO)CCCC1=CC=C(Br)CC1. The molecule has 92 valence electrons. The summed E-state index contributed by atoms with van der Waals surface area (Å²) in [6.45, 7) is 4.66. The highest BCUT2D eigenvalue weighted by molar-refractivity contribution is 9.11. The van der Waals surface area contributed by atoms with E-state index in [2.05, 4.69) is 41.9 Å². The molecule has 0 aromatic rings. The van der Waals surface area contributed by atoms with Crippen molar-refractivity contribution in [3.8, 4) is 0 Å². The Kier molecular flexibility index (Phi) is 5.77. The number of hydrogen-bond acceptors (Lipinski definition) is 1. The van der Waals surface area contributed by atoms with E-state index in [0.29, 0.717) is 6.61 Å². The van der Waals surface area contributed by atoms with Crippen molar-refractivity contribution in [3.63, 3.8) is 0 Å². The fraction of sp³-hybridized carbons (Fsp3) is 0.714. The molecule has 0 aromatic carbocycles. The van der Waals surface area contributed by atoms with E-state index in [1.165, 1.54) is 23.7 Å². The first-order chi connectivity index (χ1) is 7.59. The molecule has 0 bridgehead atoms. The van der Waals surface area contributed by atoms with E-state index >= 15 is 0 Å². The number of halogens is 1. The third-order valence-corrected chi connectivity index (χ3v) is 4.36. The molecule has 0 aliphatic heterocycles. The lowest BCUT2D eigenvalue weighted by atomic mass is 9.82. The maximum atomic E-state index is 9.33. The lowest BCUT2D eigenvalue weighted by molar-refractivity contribution is 0.126. The molecule has 0 radical (unpaired) electrons. The topological polar surface area (TPSA) is 20.2 Å². The molecular weight excluding hydrogens is 264 g/mol. The normalized spacial score (nSPS) is 20.0. The third kappa shape index (κ3) is 4.42. The van der Waals surface area contributed by atoms with Crippen molar-refractivity contribution in [3.05, 3.63) is 22.2 Å². The van der Waals surface area contributed by atoms with Crippen LogP contribution >= 0.6 is 15.9 Å². The van der Waals surface area contributed by atoms with Crippen molar-refractivity contribution in [2.75, 3.05) is 6.61 Å². The van der Waals surface area contributed by atoms with Gasteiger partial charge in [-0.3, -0.25) is 0 Å². The Morgan fingerprint density at radius 3 is 2.62 bits per heavy atom. The molecule has 0 saturated heterocycles. The van der Waals surface area contributed by atoms with Gasteiger partial charge in [-0.2, -0.15) is 0 Å². The fourth-order valence-corrected chi connectivity index (χ4v) is 2.30. The van der Waals surface area contributed by atoms with Crippen LogP contribution in [0.2, 0.25) is 0 Å². The van der Waals surface area contributed by atoms with Gasteiger partial charge in [-0.15, -0.1) is 0 Å². The average Bonchev–Trinajstić information content (AvgIpc) is 2.31. The second kappa shape index (κ2) is 6.61. The standard InChI is InChI=1S/C14H23BrO/c1-3-14(2,11-16)10-4-5-12-6-8-13(15)9-7-12/h6,8,16H,3-5,7,9-11H2,1-2H3. The van der Waals surface area contributed by atoms with Gasteiger partial charge in [0.15, 0.2) is 0 Å². The van der Waals surface area contributed by atoms with Crippen LogP contribution in [-0.2, 0) is 0 Å². The van der Waals surface area contributed by atoms with Gasteiger partial charge in [0.1, 0.15) is 0 Å². The number of hydrogen-bond donors (Lipinski definition) is 1. The van der Waals surface area contributed by atoms with E-state index in [0.717, 1.165) is 19.3 Å². The van der Waals surface area contributed by atoms with Crippen LogP contribution in [0.15, 0.2) is 22.2 Å². The number of aliphatic hydroxyl groups is 1. The van der Waals surface area contributed by atoms with Crippen molar-refractivity contribution in [2.45, 2.75) is 52.4 Å². The summed E-state index contributed by atoms with van der Waals surface area (Å²) >= 11 is 3.52. The molecule has 0 heterocycles. The predicted molar refractivity (Wildman–Crippen MR) is 73.7 cm³/mol. The summed E-state index contributed by atoms with van der Waals surface area (Å²) in [5, 5.41) is 9.33. The first-order valence-corrected chi connectivity index (χ1v) is 7.04. The van der Waals surface area contributed by atoms with E-state index in [-0.39, 0.29) is 5.41 Å². The van der Waals surface area contributed by atoms with Crippen molar-refractivity contribution in [1.29, 1.82) is 0 Å². The summed E-state index contributed by atoms with van der Waals surface area (Å²) in [4.78, 5) is 0. The Labute approximate surface area is 108 Å². The van der Waals surface area contributed by atoms with Crippen LogP contribution in [0.5, 0.6) is 0 Å². The second-order valence-electron chi connectivity index (χ2n) is 5.11. The Morgan fingerprint density at radius 2 is 2.12 bits per heavy atom. The van der Waals surface area contributed by atoms with Gasteiger partial charge in [0.05, 0.1) is 0 Å². The van der Waals surface area contributed by atoms with Crippen LogP contribution in [0, 0.1) is 5.41 Å². The molecule has 1 unspecified atom stereocenters. The minimum Gasteiger partial charge on any atom is -0.396 e. The van der Waals surface area contributed by atoms with Crippen molar-refractivity contribution < 1.29 is 5.11 Å². The molecule has 0 fully saturated rings. The minimum atomic E-state index is 0.131. The predicted octanol–water partition coefficient (Wildman–Crippen LogP) is 4.56. The maximum absolute atomic E-state index is 9.33. The van der Waals surface area contributed by atoms with Gasteiger partial charge < -0.3 is 5.11 Å². The van der Waals surface area contributed by atoms with Crippen LogP contribution in [0.3, 0.4) is 0 Å². The van der Waals surface area contributed by atoms with E-state index in [1.807, 2.05) is 0 Å². The summed E-state index contributed by atoms with van der Waals surface area (Å²) in [5.41, 5.74) is 1.69.